The summed E-state index contributed by atoms with van der Waals surface area (Å²) in [5.74, 6) is -6.61. The number of nitrogens with one attached hydrogen (secondary N) is 5. The van der Waals surface area contributed by atoms with Crippen molar-refractivity contribution in [3.05, 3.63) is 54.2 Å². The first-order valence-corrected chi connectivity index (χ1v) is 12.4. The SMILES string of the molecule is NC(=O)CC(N)C(=O)NC(Cc1cnc[nH]1)C(=O)NC(CC(=O)O)C(=O)NC(Cc1c[nH]c2ccccc12)C(=O)O. The Morgan fingerprint density at radius 2 is 1.51 bits per heavy atom. The predicted molar refractivity (Wildman–Crippen MR) is 142 cm³/mol. The van der Waals surface area contributed by atoms with E-state index in [-0.39, 0.29) is 12.8 Å². The maximum Gasteiger partial charge on any atom is 0.326 e. The number of aromatic amines is 2. The molecule has 0 radical (unpaired) electrons. The molecule has 4 atom stereocenters. The Hall–Kier alpha value is -5.25. The molecule has 0 bridgehead atoms. The van der Waals surface area contributed by atoms with Gasteiger partial charge in [0.1, 0.15) is 18.1 Å². The van der Waals surface area contributed by atoms with E-state index < -0.39 is 72.6 Å². The standard InChI is InChI=1S/C25H30N8O8/c26-15(7-20(27)34)22(37)31-17(6-13-10-28-11-30-13)23(38)32-18(8-21(35)36)24(39)33-19(25(40)41)5-12-9-29-16-4-2-1-3-14(12)16/h1-4,9-11,15,17-19,29H,5-8,26H2,(H2,27,34)(H,28,30)(H,31,37)(H,32,38)(H,33,39)(H,35,36)(H,40,41). The van der Waals surface area contributed by atoms with E-state index in [2.05, 4.69) is 30.9 Å². The largest absolute Gasteiger partial charge is 0.481 e. The van der Waals surface area contributed by atoms with Gasteiger partial charge in [-0.15, -0.1) is 0 Å². The average molecular weight is 571 g/mol. The molecule has 3 aromatic rings. The van der Waals surface area contributed by atoms with E-state index in [0.29, 0.717) is 11.3 Å². The number of benzene rings is 1. The zero-order valence-corrected chi connectivity index (χ0v) is 21.6. The molecule has 0 saturated heterocycles. The second-order valence-corrected chi connectivity index (χ2v) is 9.24. The number of carbonyl (C=O) groups excluding carboxylic acids is 4. The molecule has 41 heavy (non-hydrogen) atoms. The Balaban J connectivity index is 1.77. The number of amides is 4. The van der Waals surface area contributed by atoms with Crippen LogP contribution >= 0.6 is 0 Å². The number of hydrogen-bond acceptors (Lipinski definition) is 8. The molecule has 0 aliphatic carbocycles. The minimum atomic E-state index is -1.70. The van der Waals surface area contributed by atoms with Crippen molar-refractivity contribution in [1.82, 2.24) is 30.9 Å². The number of primary amides is 1. The third kappa shape index (κ3) is 8.62. The van der Waals surface area contributed by atoms with Gasteiger partial charge in [-0.05, 0) is 11.6 Å². The summed E-state index contributed by atoms with van der Waals surface area (Å²) in [4.78, 5) is 83.0. The second kappa shape index (κ2) is 13.7. The number of nitrogens with two attached hydrogens (primary N) is 2. The van der Waals surface area contributed by atoms with Crippen molar-refractivity contribution in [2.75, 3.05) is 0 Å². The number of carbonyl (C=O) groups is 6. The van der Waals surface area contributed by atoms with Crippen LogP contribution in [0.15, 0.2) is 43.0 Å². The van der Waals surface area contributed by atoms with E-state index in [9.17, 15) is 39.0 Å². The summed E-state index contributed by atoms with van der Waals surface area (Å²) < 4.78 is 0. The van der Waals surface area contributed by atoms with Crippen molar-refractivity contribution >= 4 is 46.5 Å². The molecule has 0 spiro atoms. The first kappa shape index (κ1) is 30.3. The number of imidazole rings is 1. The van der Waals surface area contributed by atoms with Gasteiger partial charge in [-0.1, -0.05) is 18.2 Å². The fourth-order valence-corrected chi connectivity index (χ4v) is 4.06. The van der Waals surface area contributed by atoms with Crippen LogP contribution in [-0.2, 0) is 41.6 Å². The summed E-state index contributed by atoms with van der Waals surface area (Å²) in [5, 5.41) is 26.8. The Labute approximate surface area is 232 Å². The average Bonchev–Trinajstić information content (AvgIpc) is 3.56. The van der Waals surface area contributed by atoms with Gasteiger partial charge in [0.2, 0.25) is 23.6 Å². The molecular weight excluding hydrogens is 540 g/mol. The molecule has 3 rings (SSSR count). The molecule has 0 aliphatic heterocycles. The van der Waals surface area contributed by atoms with Crippen LogP contribution in [0.4, 0.5) is 0 Å². The highest BCUT2D eigenvalue weighted by atomic mass is 16.4. The van der Waals surface area contributed by atoms with Gasteiger partial charge in [0.15, 0.2) is 0 Å². The number of carboxylic acids is 2. The molecule has 16 nitrogen and oxygen atoms in total. The molecule has 218 valence electrons. The number of aromatic nitrogens is 3. The van der Waals surface area contributed by atoms with E-state index >= 15 is 0 Å². The first-order chi connectivity index (χ1) is 19.4. The highest BCUT2D eigenvalue weighted by molar-refractivity contribution is 5.96. The Kier molecular flexibility index (Phi) is 10.1. The van der Waals surface area contributed by atoms with Crippen LogP contribution in [0.25, 0.3) is 10.9 Å². The van der Waals surface area contributed by atoms with Crippen LogP contribution in [0, 0.1) is 0 Å². The van der Waals surface area contributed by atoms with Crippen LogP contribution in [-0.4, -0.2) is 84.9 Å². The molecule has 0 fully saturated rings. The van der Waals surface area contributed by atoms with Gasteiger partial charge >= 0.3 is 11.9 Å². The molecule has 4 unspecified atom stereocenters. The summed E-state index contributed by atoms with van der Waals surface area (Å²) in [7, 11) is 0. The summed E-state index contributed by atoms with van der Waals surface area (Å²) in [6.07, 6.45) is 2.62. The maximum atomic E-state index is 13.2. The van der Waals surface area contributed by atoms with Gasteiger partial charge in [-0.3, -0.25) is 24.0 Å². The van der Waals surface area contributed by atoms with Crippen molar-refractivity contribution < 1.29 is 39.0 Å². The number of hydrogen-bond donors (Lipinski definition) is 9. The third-order valence-corrected chi connectivity index (χ3v) is 6.10. The number of rotatable bonds is 15. The van der Waals surface area contributed by atoms with Gasteiger partial charge < -0.3 is 47.6 Å². The molecular formula is C25H30N8O8. The summed E-state index contributed by atoms with van der Waals surface area (Å²) in [6.45, 7) is 0. The van der Waals surface area contributed by atoms with Crippen LogP contribution < -0.4 is 27.4 Å². The van der Waals surface area contributed by atoms with Crippen molar-refractivity contribution in [3.8, 4) is 0 Å². The van der Waals surface area contributed by atoms with Crippen LogP contribution in [0.5, 0.6) is 0 Å². The maximum absolute atomic E-state index is 13.2. The summed E-state index contributed by atoms with van der Waals surface area (Å²) in [6, 6.07) is 1.23. The van der Waals surface area contributed by atoms with E-state index in [1.807, 2.05) is 0 Å². The molecule has 4 amide bonds. The van der Waals surface area contributed by atoms with Crippen LogP contribution in [0.2, 0.25) is 0 Å². The van der Waals surface area contributed by atoms with E-state index in [1.165, 1.54) is 12.5 Å². The van der Waals surface area contributed by atoms with E-state index in [0.717, 1.165) is 10.9 Å². The molecule has 2 heterocycles. The normalized spacial score (nSPS) is 13.9. The number of aliphatic carboxylic acids is 2. The van der Waals surface area contributed by atoms with Crippen molar-refractivity contribution in [3.63, 3.8) is 0 Å². The summed E-state index contributed by atoms with van der Waals surface area (Å²) >= 11 is 0. The number of nitrogens with zero attached hydrogens (tertiary/aromatic N) is 1. The summed E-state index contributed by atoms with van der Waals surface area (Å²) in [5.41, 5.74) is 12.5. The Bertz CT molecular complexity index is 1420. The van der Waals surface area contributed by atoms with Crippen LogP contribution in [0.1, 0.15) is 24.1 Å². The van der Waals surface area contributed by atoms with Crippen molar-refractivity contribution in [2.45, 2.75) is 49.9 Å². The molecule has 2 aromatic heterocycles. The van der Waals surface area contributed by atoms with Gasteiger partial charge in [0.25, 0.3) is 0 Å². The van der Waals surface area contributed by atoms with Gasteiger partial charge in [0, 0.05) is 41.8 Å². The minimum Gasteiger partial charge on any atom is -0.481 e. The van der Waals surface area contributed by atoms with E-state index in [4.69, 9.17) is 11.5 Å². The fraction of sp³-hybridized carbons (Fsp3) is 0.320. The zero-order chi connectivity index (χ0) is 30.1. The van der Waals surface area contributed by atoms with Crippen molar-refractivity contribution in [1.29, 1.82) is 0 Å². The lowest BCUT2D eigenvalue weighted by atomic mass is 10.0. The van der Waals surface area contributed by atoms with Crippen LogP contribution in [0.3, 0.4) is 0 Å². The quantitative estimate of drug-likeness (QED) is 0.0959. The molecule has 0 aliphatic rings. The fourth-order valence-electron chi connectivity index (χ4n) is 4.06. The lowest BCUT2D eigenvalue weighted by Crippen LogP contribution is -2.58. The van der Waals surface area contributed by atoms with Gasteiger partial charge in [-0.2, -0.15) is 0 Å². The second-order valence-electron chi connectivity index (χ2n) is 9.24. The molecule has 16 heteroatoms. The van der Waals surface area contributed by atoms with Crippen molar-refractivity contribution in [2.24, 2.45) is 11.5 Å². The Morgan fingerprint density at radius 1 is 0.854 bits per heavy atom. The highest BCUT2D eigenvalue weighted by Gasteiger charge is 2.32. The topological polar surface area (TPSA) is 275 Å². The molecule has 1 aromatic carbocycles. The smallest absolute Gasteiger partial charge is 0.326 e. The highest BCUT2D eigenvalue weighted by Crippen LogP contribution is 2.19. The zero-order valence-electron chi connectivity index (χ0n) is 21.6. The monoisotopic (exact) mass is 570 g/mol. The number of carboxylic acid groups (broad SMARTS) is 2. The lowest BCUT2D eigenvalue weighted by Gasteiger charge is -2.24. The number of para-hydroxylation sites is 1. The third-order valence-electron chi connectivity index (χ3n) is 6.10. The number of fused-ring (bicyclic) bond motifs is 1. The molecule has 11 N–H and O–H groups in total. The van der Waals surface area contributed by atoms with E-state index in [1.54, 1.807) is 30.5 Å². The number of H-pyrrole nitrogens is 2. The predicted octanol–water partition coefficient (Wildman–Crippen LogP) is -2.11. The molecule has 0 saturated carbocycles. The van der Waals surface area contributed by atoms with Gasteiger partial charge in [-0.25, -0.2) is 9.78 Å². The first-order valence-electron chi connectivity index (χ1n) is 12.4. The Morgan fingerprint density at radius 3 is 2.15 bits per heavy atom. The lowest BCUT2D eigenvalue weighted by molar-refractivity contribution is -0.143. The van der Waals surface area contributed by atoms with Gasteiger partial charge in [0.05, 0.1) is 25.2 Å². The minimum absolute atomic E-state index is 0.130.